The number of nitrogens with two attached hydrogens (primary N) is 1. The van der Waals surface area contributed by atoms with E-state index in [1.165, 1.54) is 19.3 Å². The molecule has 1 heterocycles. The summed E-state index contributed by atoms with van der Waals surface area (Å²) in [6, 6.07) is 0. The fraction of sp³-hybridized carbons (Fsp3) is 0.857. The van der Waals surface area contributed by atoms with Crippen molar-refractivity contribution >= 4 is 11.8 Å². The van der Waals surface area contributed by atoms with Crippen molar-refractivity contribution in [1.29, 1.82) is 0 Å². The van der Waals surface area contributed by atoms with E-state index in [0.29, 0.717) is 16.6 Å². The monoisotopic (exact) mass is 282 g/mol. The predicted molar refractivity (Wildman–Crippen MR) is 80.0 cm³/mol. The average Bonchev–Trinajstić information content (AvgIpc) is 2.74. The first-order chi connectivity index (χ1) is 8.91. The fourth-order valence-corrected chi connectivity index (χ4v) is 4.25. The molecule has 1 aromatic heterocycles. The molecule has 3 unspecified atom stereocenters. The minimum Gasteiger partial charge on any atom is -0.330 e. The maximum absolute atomic E-state index is 5.96. The fourth-order valence-electron chi connectivity index (χ4n) is 2.91. The Morgan fingerprint density at radius 2 is 2.16 bits per heavy atom. The maximum atomic E-state index is 5.96. The molecule has 3 atom stereocenters. The molecule has 1 fully saturated rings. The molecule has 1 aromatic rings. The zero-order valence-corrected chi connectivity index (χ0v) is 13.3. The van der Waals surface area contributed by atoms with Crippen molar-refractivity contribution in [3.05, 3.63) is 6.33 Å². The Morgan fingerprint density at radius 3 is 2.68 bits per heavy atom. The normalized spacial score (nSPS) is 28.6. The zero-order chi connectivity index (χ0) is 14.0. The van der Waals surface area contributed by atoms with Crippen LogP contribution >= 0.6 is 11.8 Å². The molecule has 2 rings (SSSR count). The highest BCUT2D eigenvalue weighted by molar-refractivity contribution is 7.99. The minimum atomic E-state index is 0.387. The molecule has 19 heavy (non-hydrogen) atoms. The summed E-state index contributed by atoms with van der Waals surface area (Å²) in [4.78, 5) is 0. The molecule has 0 aromatic carbocycles. The van der Waals surface area contributed by atoms with E-state index in [2.05, 4.69) is 31.0 Å². The molecule has 108 valence electrons. The number of hydrogen-bond acceptors (Lipinski definition) is 4. The lowest BCUT2D eigenvalue weighted by Crippen LogP contribution is -2.36. The van der Waals surface area contributed by atoms with E-state index in [-0.39, 0.29) is 0 Å². The van der Waals surface area contributed by atoms with Crippen LogP contribution in [-0.4, -0.2) is 26.6 Å². The van der Waals surface area contributed by atoms with Gasteiger partial charge in [0.2, 0.25) is 0 Å². The van der Waals surface area contributed by atoms with Gasteiger partial charge in [-0.15, -0.1) is 10.2 Å². The van der Waals surface area contributed by atoms with Gasteiger partial charge in [-0.3, -0.25) is 0 Å². The van der Waals surface area contributed by atoms with Crippen LogP contribution in [0, 0.1) is 17.3 Å². The third-order valence-electron chi connectivity index (χ3n) is 4.38. The van der Waals surface area contributed by atoms with Crippen molar-refractivity contribution in [2.45, 2.75) is 50.4 Å². The van der Waals surface area contributed by atoms with E-state index in [1.54, 1.807) is 6.33 Å². The smallest absolute Gasteiger partial charge is 0.191 e. The first-order valence-electron chi connectivity index (χ1n) is 7.12. The van der Waals surface area contributed by atoms with E-state index in [9.17, 15) is 0 Å². The molecule has 0 aliphatic heterocycles. The summed E-state index contributed by atoms with van der Waals surface area (Å²) in [6.07, 6.45) is 5.56. The van der Waals surface area contributed by atoms with Crippen LogP contribution in [0.1, 0.15) is 40.0 Å². The van der Waals surface area contributed by atoms with Gasteiger partial charge in [-0.05, 0) is 43.1 Å². The Balaban J connectivity index is 2.08. The van der Waals surface area contributed by atoms with Gasteiger partial charge in [-0.2, -0.15) is 0 Å². The van der Waals surface area contributed by atoms with Crippen LogP contribution in [0.25, 0.3) is 0 Å². The van der Waals surface area contributed by atoms with Crippen molar-refractivity contribution in [3.8, 4) is 0 Å². The van der Waals surface area contributed by atoms with E-state index >= 15 is 0 Å². The number of hydrogen-bond donors (Lipinski definition) is 1. The summed E-state index contributed by atoms with van der Waals surface area (Å²) in [5, 5.41) is 9.75. The van der Waals surface area contributed by atoms with Crippen LogP contribution in [-0.2, 0) is 7.05 Å². The third-order valence-corrected chi connectivity index (χ3v) is 5.84. The second kappa shape index (κ2) is 5.83. The largest absolute Gasteiger partial charge is 0.330 e. The second-order valence-corrected chi connectivity index (χ2v) is 7.96. The molecule has 0 bridgehead atoms. The van der Waals surface area contributed by atoms with Gasteiger partial charge in [-0.1, -0.05) is 32.5 Å². The molecule has 2 N–H and O–H groups in total. The van der Waals surface area contributed by atoms with E-state index < -0.39 is 0 Å². The average molecular weight is 282 g/mol. The van der Waals surface area contributed by atoms with Crippen LogP contribution < -0.4 is 5.73 Å². The molecule has 4 nitrogen and oxygen atoms in total. The number of aromatic nitrogens is 3. The molecular formula is C14H26N4S. The second-order valence-electron chi connectivity index (χ2n) is 6.75. The highest BCUT2D eigenvalue weighted by Crippen LogP contribution is 2.44. The molecule has 5 heteroatoms. The Bertz CT molecular complexity index is 410. The Hall–Kier alpha value is -0.550. The predicted octanol–water partition coefficient (Wildman–Crippen LogP) is 2.70. The molecule has 0 saturated heterocycles. The molecular weight excluding hydrogens is 256 g/mol. The Morgan fingerprint density at radius 1 is 1.42 bits per heavy atom. The van der Waals surface area contributed by atoms with Crippen molar-refractivity contribution in [2.75, 3.05) is 6.54 Å². The van der Waals surface area contributed by atoms with Gasteiger partial charge in [0.05, 0.1) is 0 Å². The molecule has 1 saturated carbocycles. The molecule has 0 amide bonds. The lowest BCUT2D eigenvalue weighted by atomic mass is 9.69. The number of rotatable bonds is 3. The molecule has 1 aliphatic carbocycles. The Kier molecular flexibility index (Phi) is 4.56. The van der Waals surface area contributed by atoms with Crippen LogP contribution in [0.4, 0.5) is 0 Å². The summed E-state index contributed by atoms with van der Waals surface area (Å²) >= 11 is 1.86. The van der Waals surface area contributed by atoms with Gasteiger partial charge in [-0.25, -0.2) is 0 Å². The summed E-state index contributed by atoms with van der Waals surface area (Å²) in [5.41, 5.74) is 6.35. The lowest BCUT2D eigenvalue weighted by Gasteiger charge is -2.41. The van der Waals surface area contributed by atoms with E-state index in [0.717, 1.165) is 17.6 Å². The van der Waals surface area contributed by atoms with Crippen LogP contribution in [0.2, 0.25) is 0 Å². The minimum absolute atomic E-state index is 0.387. The summed E-state index contributed by atoms with van der Waals surface area (Å²) in [6.45, 7) is 7.84. The van der Waals surface area contributed by atoms with Crippen molar-refractivity contribution in [2.24, 2.45) is 30.0 Å². The highest BCUT2D eigenvalue weighted by Gasteiger charge is 2.36. The van der Waals surface area contributed by atoms with Gasteiger partial charge in [0.15, 0.2) is 5.16 Å². The first kappa shape index (κ1) is 14.9. The third kappa shape index (κ3) is 3.51. The lowest BCUT2D eigenvalue weighted by molar-refractivity contribution is 0.157. The summed E-state index contributed by atoms with van der Waals surface area (Å²) in [5.74, 6) is 1.39. The summed E-state index contributed by atoms with van der Waals surface area (Å²) < 4.78 is 2.00. The van der Waals surface area contributed by atoms with Crippen LogP contribution in [0.15, 0.2) is 11.5 Å². The molecule has 0 radical (unpaired) electrons. The van der Waals surface area contributed by atoms with Crippen molar-refractivity contribution in [1.82, 2.24) is 14.8 Å². The SMILES string of the molecule is Cn1cnnc1SC1CC(C(C)(C)C)CCC1CN. The maximum Gasteiger partial charge on any atom is 0.191 e. The van der Waals surface area contributed by atoms with E-state index in [1.807, 2.05) is 23.4 Å². The number of nitrogens with zero attached hydrogens (tertiary/aromatic N) is 3. The standard InChI is InChI=1S/C14H26N4S/c1-14(2,3)11-6-5-10(8-15)12(7-11)19-13-17-16-9-18(13)4/h9-12H,5-8,15H2,1-4H3. The number of aryl methyl sites for hydroxylation is 1. The van der Waals surface area contributed by atoms with Gasteiger partial charge >= 0.3 is 0 Å². The van der Waals surface area contributed by atoms with Crippen LogP contribution in [0.3, 0.4) is 0 Å². The topological polar surface area (TPSA) is 56.7 Å². The number of thioether (sulfide) groups is 1. The van der Waals surface area contributed by atoms with Gasteiger partial charge < -0.3 is 10.3 Å². The molecule has 0 spiro atoms. The van der Waals surface area contributed by atoms with Crippen molar-refractivity contribution < 1.29 is 0 Å². The van der Waals surface area contributed by atoms with Crippen molar-refractivity contribution in [3.63, 3.8) is 0 Å². The van der Waals surface area contributed by atoms with Crippen LogP contribution in [0.5, 0.6) is 0 Å². The molecule has 1 aliphatic rings. The quantitative estimate of drug-likeness (QED) is 0.926. The van der Waals surface area contributed by atoms with Gasteiger partial charge in [0.25, 0.3) is 0 Å². The first-order valence-corrected chi connectivity index (χ1v) is 8.00. The van der Waals surface area contributed by atoms with Gasteiger partial charge in [0.1, 0.15) is 6.33 Å². The zero-order valence-electron chi connectivity index (χ0n) is 12.5. The van der Waals surface area contributed by atoms with Gasteiger partial charge in [0, 0.05) is 12.3 Å². The van der Waals surface area contributed by atoms with E-state index in [4.69, 9.17) is 5.73 Å². The highest BCUT2D eigenvalue weighted by atomic mass is 32.2. The Labute approximate surface area is 120 Å². The summed E-state index contributed by atoms with van der Waals surface area (Å²) in [7, 11) is 2.00.